The molecule has 1 aromatic carbocycles. The fourth-order valence-corrected chi connectivity index (χ4v) is 8.23. The normalized spacial score (nSPS) is 34.3. The van der Waals surface area contributed by atoms with E-state index in [0.29, 0.717) is 25.7 Å². The Morgan fingerprint density at radius 3 is 2.50 bits per heavy atom. The van der Waals surface area contributed by atoms with Crippen molar-refractivity contribution in [3.8, 4) is 0 Å². The third kappa shape index (κ3) is 4.57. The number of esters is 2. The van der Waals surface area contributed by atoms with Gasteiger partial charge in [-0.2, -0.15) is 0 Å². The van der Waals surface area contributed by atoms with Crippen LogP contribution in [0.1, 0.15) is 71.3 Å². The monoisotopic (exact) mass is 546 g/mol. The van der Waals surface area contributed by atoms with E-state index in [-0.39, 0.29) is 48.6 Å². The zero-order valence-corrected chi connectivity index (χ0v) is 23.6. The lowest BCUT2D eigenvalue weighted by atomic mass is 9.46. The Morgan fingerprint density at radius 2 is 1.77 bits per heavy atom. The van der Waals surface area contributed by atoms with E-state index < -0.39 is 40.8 Å². The predicted molar refractivity (Wildman–Crippen MR) is 147 cm³/mol. The Balaban J connectivity index is 1.42. The van der Waals surface area contributed by atoms with Gasteiger partial charge in [-0.3, -0.25) is 24.0 Å². The summed E-state index contributed by atoms with van der Waals surface area (Å²) in [5.41, 5.74) is -1.20. The summed E-state index contributed by atoms with van der Waals surface area (Å²) in [6.07, 6.45) is 8.35. The van der Waals surface area contributed by atoms with Crippen LogP contribution in [0, 0.1) is 28.6 Å². The van der Waals surface area contributed by atoms with Gasteiger partial charge in [-0.25, -0.2) is 0 Å². The number of carbonyl (C=O) groups excluding carboxylic acids is 5. The molecule has 0 unspecified atom stereocenters. The van der Waals surface area contributed by atoms with Crippen molar-refractivity contribution < 1.29 is 33.4 Å². The molecule has 4 aliphatic carbocycles. The van der Waals surface area contributed by atoms with Gasteiger partial charge >= 0.3 is 11.9 Å². The van der Waals surface area contributed by atoms with Gasteiger partial charge in [0.05, 0.1) is 6.42 Å². The molecule has 5 rings (SSSR count). The fraction of sp³-hybridized carbons (Fsp3) is 0.545. The van der Waals surface area contributed by atoms with Crippen molar-refractivity contribution in [3.05, 3.63) is 59.7 Å². The lowest BCUT2D eigenvalue weighted by Crippen LogP contribution is -2.62. The molecular weight excluding hydrogens is 508 g/mol. The van der Waals surface area contributed by atoms with Crippen molar-refractivity contribution in [1.29, 1.82) is 0 Å². The molecular formula is C33H38O7. The Bertz CT molecular complexity index is 1290. The first-order valence-corrected chi connectivity index (χ1v) is 14.5. The molecule has 0 spiro atoms. The number of Topliss-reactive ketones (excluding diaryl/α,β-unsaturated/α-hetero) is 2. The second-order valence-corrected chi connectivity index (χ2v) is 12.4. The van der Waals surface area contributed by atoms with E-state index in [2.05, 4.69) is 0 Å². The van der Waals surface area contributed by atoms with Gasteiger partial charge in [0.25, 0.3) is 0 Å². The molecule has 7 heteroatoms. The number of ether oxygens (including phenoxy) is 2. The molecule has 0 heterocycles. The number of hydrogen-bond acceptors (Lipinski definition) is 7. The third-order valence-corrected chi connectivity index (χ3v) is 10.1. The number of rotatable bonds is 8. The predicted octanol–water partition coefficient (Wildman–Crippen LogP) is 4.91. The maximum absolute atomic E-state index is 14.0. The first-order chi connectivity index (χ1) is 19.0. The van der Waals surface area contributed by atoms with Crippen molar-refractivity contribution in [3.63, 3.8) is 0 Å². The minimum atomic E-state index is -1.53. The SMILES string of the molecule is CCCC(=O)O[C@]1(C(=O)COC(=O)Cc2ccccc2)CC[C@H]2[C@@H]3CCC4=CC(=O)C=C[C@]4(C)[C@H]3C(=O)C[C@@]21C. The third-order valence-electron chi connectivity index (χ3n) is 10.1. The number of carbonyl (C=O) groups is 5. The molecule has 1 aromatic rings. The molecule has 40 heavy (non-hydrogen) atoms. The molecule has 7 nitrogen and oxygen atoms in total. The zero-order chi connectivity index (χ0) is 28.7. The second-order valence-electron chi connectivity index (χ2n) is 12.4. The van der Waals surface area contributed by atoms with Crippen molar-refractivity contribution in [2.45, 2.75) is 77.7 Å². The molecule has 6 atom stereocenters. The molecule has 0 aliphatic heterocycles. The summed E-state index contributed by atoms with van der Waals surface area (Å²) >= 11 is 0. The van der Waals surface area contributed by atoms with Gasteiger partial charge in [0.1, 0.15) is 5.78 Å². The van der Waals surface area contributed by atoms with E-state index in [1.165, 1.54) is 0 Å². The van der Waals surface area contributed by atoms with Crippen molar-refractivity contribution in [2.24, 2.45) is 28.6 Å². The molecule has 4 aliphatic rings. The molecule has 0 aromatic heterocycles. The van der Waals surface area contributed by atoms with Crippen LogP contribution in [-0.2, 0) is 39.9 Å². The number of hydrogen-bond donors (Lipinski definition) is 0. The van der Waals surface area contributed by atoms with Crippen LogP contribution in [0.25, 0.3) is 0 Å². The largest absolute Gasteiger partial charge is 0.457 e. The average molecular weight is 547 g/mol. The van der Waals surface area contributed by atoms with Gasteiger partial charge in [-0.1, -0.05) is 62.8 Å². The maximum Gasteiger partial charge on any atom is 0.310 e. The van der Waals surface area contributed by atoms with E-state index in [0.717, 1.165) is 17.6 Å². The van der Waals surface area contributed by atoms with Gasteiger partial charge in [-0.05, 0) is 61.7 Å². The van der Waals surface area contributed by atoms with E-state index in [4.69, 9.17) is 9.47 Å². The average Bonchev–Trinajstić information content (AvgIpc) is 3.20. The Morgan fingerprint density at radius 1 is 1.02 bits per heavy atom. The Hall–Kier alpha value is -3.35. The van der Waals surface area contributed by atoms with Crippen LogP contribution in [0.3, 0.4) is 0 Å². The topological polar surface area (TPSA) is 104 Å². The fourth-order valence-electron chi connectivity index (χ4n) is 8.23. The summed E-state index contributed by atoms with van der Waals surface area (Å²) in [7, 11) is 0. The van der Waals surface area contributed by atoms with Crippen LogP contribution in [0.5, 0.6) is 0 Å². The van der Waals surface area contributed by atoms with Crippen LogP contribution in [0.2, 0.25) is 0 Å². The molecule has 212 valence electrons. The highest BCUT2D eigenvalue weighted by atomic mass is 16.6. The van der Waals surface area contributed by atoms with E-state index in [1.807, 2.05) is 57.2 Å². The second kappa shape index (κ2) is 10.6. The molecule has 0 N–H and O–H groups in total. The summed E-state index contributed by atoms with van der Waals surface area (Å²) in [6.45, 7) is 5.31. The quantitative estimate of drug-likeness (QED) is 0.427. The lowest BCUT2D eigenvalue weighted by Gasteiger charge is -2.57. The van der Waals surface area contributed by atoms with Gasteiger partial charge in [0.15, 0.2) is 18.0 Å². The number of ketones is 3. The highest BCUT2D eigenvalue weighted by Crippen LogP contribution is 2.67. The summed E-state index contributed by atoms with van der Waals surface area (Å²) in [5.74, 6) is -1.82. The van der Waals surface area contributed by atoms with Crippen LogP contribution in [-0.4, -0.2) is 41.5 Å². The first kappa shape index (κ1) is 28.2. The molecule has 3 fully saturated rings. The minimum absolute atomic E-state index is 0.00793. The van der Waals surface area contributed by atoms with Gasteiger partial charge in [-0.15, -0.1) is 0 Å². The highest BCUT2D eigenvalue weighted by Gasteiger charge is 2.70. The zero-order valence-electron chi connectivity index (χ0n) is 23.6. The van der Waals surface area contributed by atoms with Crippen molar-refractivity contribution >= 4 is 29.3 Å². The number of allylic oxidation sites excluding steroid dienone is 4. The van der Waals surface area contributed by atoms with E-state index in [9.17, 15) is 24.0 Å². The Kier molecular flexibility index (Phi) is 7.45. The molecule has 0 amide bonds. The van der Waals surface area contributed by atoms with Crippen molar-refractivity contribution in [2.75, 3.05) is 6.61 Å². The first-order valence-electron chi connectivity index (χ1n) is 14.5. The number of fused-ring (bicyclic) bond motifs is 5. The minimum Gasteiger partial charge on any atom is -0.457 e. The van der Waals surface area contributed by atoms with Crippen LogP contribution in [0.15, 0.2) is 54.1 Å². The maximum atomic E-state index is 14.0. The lowest BCUT2D eigenvalue weighted by molar-refractivity contribution is -0.192. The highest BCUT2D eigenvalue weighted by molar-refractivity contribution is 6.02. The van der Waals surface area contributed by atoms with Crippen LogP contribution in [0.4, 0.5) is 0 Å². The molecule has 3 saturated carbocycles. The summed E-state index contributed by atoms with van der Waals surface area (Å²) in [5, 5.41) is 0. The van der Waals surface area contributed by atoms with E-state index >= 15 is 0 Å². The van der Waals surface area contributed by atoms with Crippen LogP contribution < -0.4 is 0 Å². The Labute approximate surface area is 235 Å². The number of benzene rings is 1. The standard InChI is InChI=1S/C33H38O7/c1-4-8-28(37)40-33(27(36)20-39-29(38)17-21-9-6-5-7-10-21)16-14-25-24-12-11-22-18-23(34)13-15-31(22,2)30(24)26(35)19-32(25,33)3/h5-7,9-10,13,15,18,24-25,30H,4,8,11-12,14,16-17,19-20H2,1-3H3/t24-,25-,30+,31-,32-,33-/m0/s1. The van der Waals surface area contributed by atoms with Gasteiger partial charge < -0.3 is 9.47 Å². The van der Waals surface area contributed by atoms with Crippen LogP contribution >= 0.6 is 0 Å². The molecule has 0 bridgehead atoms. The summed E-state index contributed by atoms with van der Waals surface area (Å²) in [4.78, 5) is 65.6. The smallest absolute Gasteiger partial charge is 0.310 e. The van der Waals surface area contributed by atoms with E-state index in [1.54, 1.807) is 12.2 Å². The molecule has 0 saturated heterocycles. The van der Waals surface area contributed by atoms with Gasteiger partial charge in [0.2, 0.25) is 5.78 Å². The summed E-state index contributed by atoms with van der Waals surface area (Å²) in [6, 6.07) is 9.13. The summed E-state index contributed by atoms with van der Waals surface area (Å²) < 4.78 is 11.5. The molecule has 0 radical (unpaired) electrons. The van der Waals surface area contributed by atoms with Crippen molar-refractivity contribution in [1.82, 2.24) is 0 Å². The van der Waals surface area contributed by atoms with Gasteiger partial charge in [0, 0.05) is 29.6 Å².